The minimum Gasteiger partial charge on any atom is -0.294 e. The SMILES string of the molecule is CCCCCCCCCC(=O)c1[c]ccc(C(=O)CCCCCCCCC)c1C(=O)CCCCCCCCC. The molecule has 3 heteroatoms. The molecule has 0 aromatic heterocycles. The summed E-state index contributed by atoms with van der Waals surface area (Å²) in [5.74, 6) is -0.0752. The molecule has 0 aliphatic rings. The van der Waals surface area contributed by atoms with E-state index >= 15 is 0 Å². The largest absolute Gasteiger partial charge is 0.294 e. The maximum absolute atomic E-state index is 13.5. The first-order valence-electron chi connectivity index (χ1n) is 16.7. The molecular weight excluding hydrogens is 480 g/mol. The second-order valence-electron chi connectivity index (χ2n) is 11.5. The van der Waals surface area contributed by atoms with Crippen LogP contribution in [0.3, 0.4) is 0 Å². The van der Waals surface area contributed by atoms with E-state index in [1.54, 1.807) is 12.1 Å². The van der Waals surface area contributed by atoms with Gasteiger partial charge in [-0.25, -0.2) is 0 Å². The summed E-state index contributed by atoms with van der Waals surface area (Å²) in [7, 11) is 0. The number of ketones is 3. The van der Waals surface area contributed by atoms with Crippen LogP contribution >= 0.6 is 0 Å². The van der Waals surface area contributed by atoms with Gasteiger partial charge < -0.3 is 0 Å². The van der Waals surface area contributed by atoms with Crippen LogP contribution in [0.25, 0.3) is 0 Å². The zero-order valence-electron chi connectivity index (χ0n) is 25.9. The van der Waals surface area contributed by atoms with Crippen molar-refractivity contribution in [1.82, 2.24) is 0 Å². The predicted molar refractivity (Wildman–Crippen MR) is 166 cm³/mol. The Kier molecular flexibility index (Phi) is 21.8. The Balaban J connectivity index is 2.80. The van der Waals surface area contributed by atoms with Gasteiger partial charge in [-0.1, -0.05) is 148 Å². The monoisotopic (exact) mass is 539 g/mol. The van der Waals surface area contributed by atoms with Crippen LogP contribution in [0.1, 0.15) is 206 Å². The summed E-state index contributed by atoms with van der Waals surface area (Å²) in [5, 5.41) is 0. The standard InChI is InChI=1S/C36H59O3/c1-4-7-10-13-16-19-22-28-33(37)31-26-25-27-32(34(38)29-23-20-17-14-11-8-5-2)36(31)35(39)30-24-21-18-15-12-9-6-3/h25-26H,4-24,28-30H2,1-3H3. The average Bonchev–Trinajstić information content (AvgIpc) is 2.95. The zero-order valence-corrected chi connectivity index (χ0v) is 25.9. The minimum absolute atomic E-state index is 0.00504. The van der Waals surface area contributed by atoms with E-state index in [4.69, 9.17) is 0 Å². The summed E-state index contributed by atoms with van der Waals surface area (Å²) < 4.78 is 0. The maximum atomic E-state index is 13.5. The van der Waals surface area contributed by atoms with Crippen molar-refractivity contribution in [3.63, 3.8) is 0 Å². The Hall–Kier alpha value is -1.77. The number of hydrogen-bond donors (Lipinski definition) is 0. The van der Waals surface area contributed by atoms with E-state index in [1.165, 1.54) is 77.0 Å². The van der Waals surface area contributed by atoms with Gasteiger partial charge in [-0.05, 0) is 25.3 Å². The molecule has 1 aromatic carbocycles. The van der Waals surface area contributed by atoms with Crippen LogP contribution in [0.5, 0.6) is 0 Å². The predicted octanol–water partition coefficient (Wildman–Crippen LogP) is 11.5. The minimum atomic E-state index is -0.0498. The van der Waals surface area contributed by atoms with Gasteiger partial charge in [-0.3, -0.25) is 14.4 Å². The summed E-state index contributed by atoms with van der Waals surface area (Å²) in [6.45, 7) is 6.65. The molecule has 0 N–H and O–H groups in total. The third-order valence-corrected chi connectivity index (χ3v) is 7.88. The number of hydrogen-bond acceptors (Lipinski definition) is 3. The van der Waals surface area contributed by atoms with Crippen LogP contribution in [-0.4, -0.2) is 17.3 Å². The normalized spacial score (nSPS) is 11.2. The maximum Gasteiger partial charge on any atom is 0.164 e. The summed E-state index contributed by atoms with van der Waals surface area (Å²) in [5.41, 5.74) is 1.18. The molecule has 221 valence electrons. The van der Waals surface area contributed by atoms with Crippen LogP contribution in [0, 0.1) is 6.07 Å². The molecule has 0 saturated carbocycles. The van der Waals surface area contributed by atoms with Crippen LogP contribution in [-0.2, 0) is 0 Å². The summed E-state index contributed by atoms with van der Waals surface area (Å²) in [6.07, 6.45) is 25.3. The third kappa shape index (κ3) is 16.2. The molecule has 0 saturated heterocycles. The van der Waals surface area contributed by atoms with Gasteiger partial charge in [0.25, 0.3) is 0 Å². The molecule has 0 aliphatic heterocycles. The second-order valence-corrected chi connectivity index (χ2v) is 11.5. The lowest BCUT2D eigenvalue weighted by atomic mass is 9.88. The molecule has 0 bridgehead atoms. The molecule has 0 fully saturated rings. The summed E-state index contributed by atoms with van der Waals surface area (Å²) in [6, 6.07) is 6.49. The molecule has 0 unspecified atom stereocenters. The highest BCUT2D eigenvalue weighted by Gasteiger charge is 2.23. The van der Waals surface area contributed by atoms with Crippen LogP contribution in [0.2, 0.25) is 0 Å². The van der Waals surface area contributed by atoms with Gasteiger partial charge in [0, 0.05) is 36.0 Å². The average molecular weight is 540 g/mol. The number of unbranched alkanes of at least 4 members (excludes halogenated alkanes) is 18. The lowest BCUT2D eigenvalue weighted by Crippen LogP contribution is -2.16. The molecule has 39 heavy (non-hydrogen) atoms. The van der Waals surface area contributed by atoms with E-state index in [0.29, 0.717) is 36.0 Å². The van der Waals surface area contributed by atoms with Crippen molar-refractivity contribution in [2.24, 2.45) is 0 Å². The summed E-state index contributed by atoms with van der Waals surface area (Å²) in [4.78, 5) is 40.0. The Morgan fingerprint density at radius 3 is 1.28 bits per heavy atom. The van der Waals surface area contributed by atoms with E-state index < -0.39 is 0 Å². The molecule has 1 radical (unpaired) electrons. The topological polar surface area (TPSA) is 51.2 Å². The number of carbonyl (C=O) groups is 3. The first-order chi connectivity index (χ1) is 19.1. The molecule has 0 aliphatic carbocycles. The van der Waals surface area contributed by atoms with Crippen molar-refractivity contribution in [3.05, 3.63) is 34.9 Å². The Bertz CT molecular complexity index is 746. The van der Waals surface area contributed by atoms with Crippen molar-refractivity contribution >= 4 is 17.3 Å². The molecule has 0 amide bonds. The van der Waals surface area contributed by atoms with Gasteiger partial charge >= 0.3 is 0 Å². The molecule has 0 spiro atoms. The lowest BCUT2D eigenvalue weighted by molar-refractivity contribution is 0.0932. The number of benzene rings is 1. The van der Waals surface area contributed by atoms with Gasteiger partial charge in [0.1, 0.15) is 0 Å². The van der Waals surface area contributed by atoms with Gasteiger partial charge in [0.2, 0.25) is 0 Å². The summed E-state index contributed by atoms with van der Waals surface area (Å²) >= 11 is 0. The molecule has 1 aromatic rings. The van der Waals surface area contributed by atoms with Gasteiger partial charge in [-0.2, -0.15) is 0 Å². The van der Waals surface area contributed by atoms with Crippen molar-refractivity contribution in [2.75, 3.05) is 0 Å². The van der Waals surface area contributed by atoms with Crippen LogP contribution in [0.4, 0.5) is 0 Å². The van der Waals surface area contributed by atoms with Gasteiger partial charge in [-0.15, -0.1) is 0 Å². The van der Waals surface area contributed by atoms with Gasteiger partial charge in [0.15, 0.2) is 17.3 Å². The van der Waals surface area contributed by atoms with E-state index in [2.05, 4.69) is 26.8 Å². The fourth-order valence-electron chi connectivity index (χ4n) is 5.35. The fourth-order valence-corrected chi connectivity index (χ4v) is 5.35. The molecule has 1 rings (SSSR count). The molecule has 0 heterocycles. The number of carbonyl (C=O) groups excluding carboxylic acids is 3. The first kappa shape index (κ1) is 35.3. The van der Waals surface area contributed by atoms with Crippen molar-refractivity contribution in [1.29, 1.82) is 0 Å². The highest BCUT2D eigenvalue weighted by Crippen LogP contribution is 2.24. The quantitative estimate of drug-likeness (QED) is 0.0825. The first-order valence-corrected chi connectivity index (χ1v) is 16.7. The van der Waals surface area contributed by atoms with Crippen LogP contribution in [0.15, 0.2) is 12.1 Å². The zero-order chi connectivity index (χ0) is 28.6. The highest BCUT2D eigenvalue weighted by atomic mass is 16.1. The second kappa shape index (κ2) is 24.1. The Morgan fingerprint density at radius 1 is 0.487 bits per heavy atom. The number of rotatable bonds is 27. The molecule has 3 nitrogen and oxygen atoms in total. The number of Topliss-reactive ketones (excluding diaryl/α,β-unsaturated/α-hetero) is 3. The smallest absolute Gasteiger partial charge is 0.164 e. The third-order valence-electron chi connectivity index (χ3n) is 7.88. The molecular formula is C36H59O3. The van der Waals surface area contributed by atoms with E-state index in [-0.39, 0.29) is 17.3 Å². The van der Waals surface area contributed by atoms with E-state index in [0.717, 1.165) is 57.8 Å². The Morgan fingerprint density at radius 2 is 0.846 bits per heavy atom. The van der Waals surface area contributed by atoms with Crippen molar-refractivity contribution in [2.45, 2.75) is 175 Å². The van der Waals surface area contributed by atoms with Gasteiger partial charge in [0.05, 0.1) is 0 Å². The van der Waals surface area contributed by atoms with E-state index in [1.807, 2.05) is 0 Å². The van der Waals surface area contributed by atoms with E-state index in [9.17, 15) is 14.4 Å². The Labute approximate surface area is 241 Å². The van der Waals surface area contributed by atoms with Crippen molar-refractivity contribution in [3.8, 4) is 0 Å². The molecule has 0 atom stereocenters. The fraction of sp³-hybridized carbons (Fsp3) is 0.750. The highest BCUT2D eigenvalue weighted by molar-refractivity contribution is 6.15. The lowest BCUT2D eigenvalue weighted by Gasteiger charge is -2.13. The van der Waals surface area contributed by atoms with Crippen molar-refractivity contribution < 1.29 is 14.4 Å². The van der Waals surface area contributed by atoms with Crippen LogP contribution < -0.4 is 0 Å².